The van der Waals surface area contributed by atoms with Crippen LogP contribution >= 0.6 is 11.6 Å². The molecule has 10 heteroatoms. The van der Waals surface area contributed by atoms with Gasteiger partial charge in [-0.15, -0.1) is 0 Å². The predicted molar refractivity (Wildman–Crippen MR) is 118 cm³/mol. The highest BCUT2D eigenvalue weighted by atomic mass is 35.5. The van der Waals surface area contributed by atoms with Crippen molar-refractivity contribution in [1.29, 1.82) is 0 Å². The lowest BCUT2D eigenvalue weighted by atomic mass is 10.2. The van der Waals surface area contributed by atoms with E-state index in [0.717, 1.165) is 21.9 Å². The first-order chi connectivity index (χ1) is 14.3. The molecule has 0 aliphatic carbocycles. The molecule has 0 aliphatic heterocycles. The third-order valence-corrected chi connectivity index (χ3v) is 5.65. The number of para-hydroxylation sites is 2. The van der Waals surface area contributed by atoms with Gasteiger partial charge in [-0.1, -0.05) is 48.0 Å². The third-order valence-electron chi connectivity index (χ3n) is 4.23. The van der Waals surface area contributed by atoms with Crippen LogP contribution < -0.4 is 9.73 Å². The summed E-state index contributed by atoms with van der Waals surface area (Å²) in [4.78, 5) is 12.3. The van der Waals surface area contributed by atoms with Gasteiger partial charge in [0.05, 0.1) is 35.1 Å². The number of halogens is 1. The Morgan fingerprint density at radius 1 is 1.17 bits per heavy atom. The molecule has 1 amide bonds. The fraction of sp³-hybridized carbons (Fsp3) is 0.150. The molecule has 0 aliphatic rings. The van der Waals surface area contributed by atoms with Crippen molar-refractivity contribution in [2.75, 3.05) is 17.1 Å². The standard InChI is InChI=1S/C20H20ClN5O3S/c1-15-18(20(21)24-26(15)17-11-7-4-8-12-17)13-22-23-19(27)14-25(30(2,28)29)16-9-5-3-6-10-16/h3-13H,14H2,1-2H3,(H,23,27)/b22-13+. The van der Waals surface area contributed by atoms with E-state index in [4.69, 9.17) is 11.6 Å². The van der Waals surface area contributed by atoms with E-state index in [1.165, 1.54) is 6.21 Å². The van der Waals surface area contributed by atoms with Crippen molar-refractivity contribution in [3.8, 4) is 5.69 Å². The highest BCUT2D eigenvalue weighted by Crippen LogP contribution is 2.20. The Kier molecular flexibility index (Phi) is 6.53. The number of nitrogens with zero attached hydrogens (tertiary/aromatic N) is 4. The number of rotatable bonds is 7. The molecule has 156 valence electrons. The van der Waals surface area contributed by atoms with E-state index in [1.54, 1.807) is 35.0 Å². The second kappa shape index (κ2) is 9.10. The zero-order valence-corrected chi connectivity index (χ0v) is 17.9. The van der Waals surface area contributed by atoms with Gasteiger partial charge in [-0.25, -0.2) is 18.5 Å². The van der Waals surface area contributed by atoms with E-state index in [2.05, 4.69) is 15.6 Å². The first kappa shape index (κ1) is 21.5. The number of carbonyl (C=O) groups is 1. The summed E-state index contributed by atoms with van der Waals surface area (Å²) in [5, 5.41) is 8.44. The van der Waals surface area contributed by atoms with Crippen LogP contribution in [0, 0.1) is 6.92 Å². The van der Waals surface area contributed by atoms with Gasteiger partial charge < -0.3 is 0 Å². The quantitative estimate of drug-likeness (QED) is 0.446. The molecule has 1 N–H and O–H groups in total. The molecule has 0 bridgehead atoms. The summed E-state index contributed by atoms with van der Waals surface area (Å²) in [7, 11) is -3.64. The number of hydrogen-bond donors (Lipinski definition) is 1. The molecule has 3 aromatic rings. The summed E-state index contributed by atoms with van der Waals surface area (Å²) in [6.45, 7) is 1.42. The fourth-order valence-electron chi connectivity index (χ4n) is 2.78. The summed E-state index contributed by atoms with van der Waals surface area (Å²) < 4.78 is 26.8. The van der Waals surface area contributed by atoms with E-state index < -0.39 is 22.5 Å². The van der Waals surface area contributed by atoms with Gasteiger partial charge in [-0.05, 0) is 31.2 Å². The Morgan fingerprint density at radius 2 is 1.77 bits per heavy atom. The Balaban J connectivity index is 1.72. The molecule has 0 radical (unpaired) electrons. The van der Waals surface area contributed by atoms with Crippen molar-refractivity contribution in [3.05, 3.63) is 77.1 Å². The molecule has 0 spiro atoms. The number of aromatic nitrogens is 2. The Bertz CT molecular complexity index is 1160. The maximum Gasteiger partial charge on any atom is 0.260 e. The highest BCUT2D eigenvalue weighted by Gasteiger charge is 2.20. The second-order valence-electron chi connectivity index (χ2n) is 6.44. The molecule has 0 saturated heterocycles. The molecule has 3 rings (SSSR count). The lowest BCUT2D eigenvalue weighted by Gasteiger charge is -2.21. The van der Waals surface area contributed by atoms with Crippen molar-refractivity contribution in [1.82, 2.24) is 15.2 Å². The summed E-state index contributed by atoms with van der Waals surface area (Å²) in [5.74, 6) is -0.593. The summed E-state index contributed by atoms with van der Waals surface area (Å²) in [6.07, 6.45) is 2.42. The number of amides is 1. The van der Waals surface area contributed by atoms with Crippen LogP contribution in [0.5, 0.6) is 0 Å². The van der Waals surface area contributed by atoms with Crippen molar-refractivity contribution in [2.45, 2.75) is 6.92 Å². The van der Waals surface area contributed by atoms with Crippen LogP contribution in [0.4, 0.5) is 5.69 Å². The zero-order chi connectivity index (χ0) is 21.7. The van der Waals surface area contributed by atoms with Gasteiger partial charge in [0.1, 0.15) is 6.54 Å². The number of hydrazone groups is 1. The third kappa shape index (κ3) is 5.05. The average Bonchev–Trinajstić information content (AvgIpc) is 3.01. The summed E-state index contributed by atoms with van der Waals surface area (Å²) in [5.41, 5.74) is 4.85. The smallest absolute Gasteiger partial charge is 0.260 e. The monoisotopic (exact) mass is 445 g/mol. The van der Waals surface area contributed by atoms with Crippen molar-refractivity contribution in [2.24, 2.45) is 5.10 Å². The average molecular weight is 446 g/mol. The minimum Gasteiger partial charge on any atom is -0.271 e. The molecule has 30 heavy (non-hydrogen) atoms. The van der Waals surface area contributed by atoms with E-state index in [9.17, 15) is 13.2 Å². The van der Waals surface area contributed by atoms with Crippen LogP contribution in [0.15, 0.2) is 65.8 Å². The van der Waals surface area contributed by atoms with Gasteiger partial charge in [-0.3, -0.25) is 9.10 Å². The molecule has 1 heterocycles. The number of hydrogen-bond acceptors (Lipinski definition) is 5. The largest absolute Gasteiger partial charge is 0.271 e. The SMILES string of the molecule is Cc1c(/C=N/NC(=O)CN(c2ccccc2)S(C)(=O)=O)c(Cl)nn1-c1ccccc1. The van der Waals surface area contributed by atoms with Gasteiger partial charge in [0.2, 0.25) is 10.0 Å². The molecule has 0 unspecified atom stereocenters. The van der Waals surface area contributed by atoms with Crippen molar-refractivity contribution < 1.29 is 13.2 Å². The van der Waals surface area contributed by atoms with Crippen molar-refractivity contribution in [3.63, 3.8) is 0 Å². The zero-order valence-electron chi connectivity index (χ0n) is 16.4. The van der Waals surface area contributed by atoms with E-state index >= 15 is 0 Å². The Labute approximate surface area is 179 Å². The number of benzene rings is 2. The predicted octanol–water partition coefficient (Wildman–Crippen LogP) is 2.75. The minimum atomic E-state index is -3.64. The molecule has 0 atom stereocenters. The van der Waals surface area contributed by atoms with Gasteiger partial charge in [0.25, 0.3) is 5.91 Å². The second-order valence-corrected chi connectivity index (χ2v) is 8.70. The van der Waals surface area contributed by atoms with Crippen LogP contribution in [-0.4, -0.2) is 43.1 Å². The van der Waals surface area contributed by atoms with Crippen LogP contribution in [0.3, 0.4) is 0 Å². The van der Waals surface area contributed by atoms with Gasteiger partial charge in [0, 0.05) is 0 Å². The van der Waals surface area contributed by atoms with Crippen molar-refractivity contribution >= 4 is 39.4 Å². The molecule has 0 fully saturated rings. The normalized spacial score (nSPS) is 11.6. The van der Waals surface area contributed by atoms with Crippen LogP contribution in [-0.2, 0) is 14.8 Å². The Hall–Kier alpha value is -3.17. The molecule has 2 aromatic carbocycles. The van der Waals surface area contributed by atoms with Gasteiger partial charge in [0.15, 0.2) is 5.15 Å². The van der Waals surface area contributed by atoms with Crippen LogP contribution in [0.25, 0.3) is 5.69 Å². The van der Waals surface area contributed by atoms with E-state index in [0.29, 0.717) is 11.3 Å². The van der Waals surface area contributed by atoms with Crippen LogP contribution in [0.2, 0.25) is 5.15 Å². The molecular weight excluding hydrogens is 426 g/mol. The minimum absolute atomic E-state index is 0.233. The Morgan fingerprint density at radius 3 is 2.37 bits per heavy atom. The maximum absolute atomic E-state index is 12.3. The first-order valence-electron chi connectivity index (χ1n) is 8.92. The number of carbonyl (C=O) groups excluding carboxylic acids is 1. The number of sulfonamides is 1. The lowest BCUT2D eigenvalue weighted by molar-refractivity contribution is -0.119. The summed E-state index contributed by atoms with van der Waals surface area (Å²) in [6, 6.07) is 17.8. The van der Waals surface area contributed by atoms with E-state index in [-0.39, 0.29) is 5.15 Å². The summed E-state index contributed by atoms with van der Waals surface area (Å²) >= 11 is 6.22. The lowest BCUT2D eigenvalue weighted by Crippen LogP contribution is -2.38. The maximum atomic E-state index is 12.3. The molecular formula is C20H20ClN5O3S. The molecule has 1 aromatic heterocycles. The highest BCUT2D eigenvalue weighted by molar-refractivity contribution is 7.92. The molecule has 8 nitrogen and oxygen atoms in total. The topological polar surface area (TPSA) is 96.7 Å². The van der Waals surface area contributed by atoms with Crippen LogP contribution in [0.1, 0.15) is 11.3 Å². The van der Waals surface area contributed by atoms with Gasteiger partial charge in [-0.2, -0.15) is 10.2 Å². The number of nitrogens with one attached hydrogen (secondary N) is 1. The van der Waals surface area contributed by atoms with Gasteiger partial charge >= 0.3 is 0 Å². The molecule has 0 saturated carbocycles. The number of anilines is 1. The fourth-order valence-corrected chi connectivity index (χ4v) is 3.89. The first-order valence-corrected chi connectivity index (χ1v) is 11.1. The van der Waals surface area contributed by atoms with E-state index in [1.807, 2.05) is 37.3 Å².